The topological polar surface area (TPSA) is 63.2 Å². The Hall–Kier alpha value is -2.89. The molecule has 0 amide bonds. The second-order valence-corrected chi connectivity index (χ2v) is 5.94. The summed E-state index contributed by atoms with van der Waals surface area (Å²) in [5.41, 5.74) is 1.85. The van der Waals surface area contributed by atoms with E-state index in [0.717, 1.165) is 11.1 Å². The first-order valence-electron chi connectivity index (χ1n) is 8.27. The van der Waals surface area contributed by atoms with Crippen LogP contribution in [0.15, 0.2) is 36.4 Å². The Morgan fingerprint density at radius 3 is 2.38 bits per heavy atom. The van der Waals surface area contributed by atoms with Crippen LogP contribution in [0.3, 0.4) is 0 Å². The van der Waals surface area contributed by atoms with Crippen LogP contribution < -0.4 is 18.9 Å². The fraction of sp³-hybridized carbons (Fsp3) is 0.350. The zero-order valence-electron chi connectivity index (χ0n) is 15.3. The van der Waals surface area contributed by atoms with Gasteiger partial charge in [0.05, 0.1) is 27.2 Å². The summed E-state index contributed by atoms with van der Waals surface area (Å²) in [6.07, 6.45) is -0.333. The van der Waals surface area contributed by atoms with Gasteiger partial charge in [-0.25, -0.2) is 0 Å². The third kappa shape index (κ3) is 3.27. The van der Waals surface area contributed by atoms with Gasteiger partial charge in [0.2, 0.25) is 0 Å². The quantitative estimate of drug-likeness (QED) is 0.737. The van der Waals surface area contributed by atoms with E-state index in [2.05, 4.69) is 0 Å². The molecule has 0 radical (unpaired) electrons. The van der Waals surface area contributed by atoms with Crippen molar-refractivity contribution in [3.05, 3.63) is 47.5 Å². The van der Waals surface area contributed by atoms with Gasteiger partial charge in [-0.15, -0.1) is 0 Å². The van der Waals surface area contributed by atoms with E-state index in [1.54, 1.807) is 21.3 Å². The van der Waals surface area contributed by atoms with Crippen molar-refractivity contribution in [2.75, 3.05) is 27.9 Å². The van der Waals surface area contributed by atoms with Gasteiger partial charge in [0.15, 0.2) is 23.0 Å². The van der Waals surface area contributed by atoms with E-state index in [0.29, 0.717) is 23.0 Å². The molecule has 6 heteroatoms. The number of hydrogen-bond acceptors (Lipinski definition) is 6. The van der Waals surface area contributed by atoms with Crippen molar-refractivity contribution in [2.24, 2.45) is 0 Å². The molecule has 0 fully saturated rings. The molecule has 2 atom stereocenters. The van der Waals surface area contributed by atoms with Crippen LogP contribution in [-0.4, -0.2) is 33.9 Å². The van der Waals surface area contributed by atoms with E-state index < -0.39 is 0 Å². The zero-order valence-corrected chi connectivity index (χ0v) is 15.3. The summed E-state index contributed by atoms with van der Waals surface area (Å²) >= 11 is 0. The molecule has 26 heavy (non-hydrogen) atoms. The highest BCUT2D eigenvalue weighted by atomic mass is 16.5. The number of hydrogen-bond donors (Lipinski definition) is 0. The van der Waals surface area contributed by atoms with Gasteiger partial charge in [-0.2, -0.15) is 0 Å². The second kappa shape index (κ2) is 7.56. The molecule has 0 aliphatic carbocycles. The molecule has 0 bridgehead atoms. The molecule has 2 aromatic carbocycles. The molecular weight excluding hydrogens is 336 g/mol. The van der Waals surface area contributed by atoms with Crippen LogP contribution in [0.2, 0.25) is 0 Å². The summed E-state index contributed by atoms with van der Waals surface area (Å²) in [5, 5.41) is 0. The van der Waals surface area contributed by atoms with Crippen molar-refractivity contribution >= 4 is 5.97 Å². The number of carbonyl (C=O) groups is 1. The second-order valence-electron chi connectivity index (χ2n) is 5.94. The number of rotatable bonds is 6. The van der Waals surface area contributed by atoms with Crippen LogP contribution in [0, 0.1) is 0 Å². The number of benzene rings is 2. The normalized spacial score (nSPS) is 17.8. The molecular formula is C20H22O6. The molecule has 0 spiro atoms. The summed E-state index contributed by atoms with van der Waals surface area (Å²) in [6, 6.07) is 11.3. The highest BCUT2D eigenvalue weighted by molar-refractivity contribution is 5.66. The molecule has 2 aromatic rings. The lowest BCUT2D eigenvalue weighted by Crippen LogP contribution is -2.17. The predicted molar refractivity (Wildman–Crippen MR) is 95.3 cm³/mol. The third-order valence-electron chi connectivity index (χ3n) is 4.44. The monoisotopic (exact) mass is 358 g/mol. The van der Waals surface area contributed by atoms with Crippen LogP contribution in [0.5, 0.6) is 23.0 Å². The largest absolute Gasteiger partial charge is 0.493 e. The van der Waals surface area contributed by atoms with Crippen molar-refractivity contribution in [3.8, 4) is 23.0 Å². The summed E-state index contributed by atoms with van der Waals surface area (Å²) in [5.74, 6) is 2.10. The first kappa shape index (κ1) is 17.9. The molecule has 1 aliphatic heterocycles. The Labute approximate surface area is 152 Å². The molecule has 1 heterocycles. The molecule has 0 aromatic heterocycles. The predicted octanol–water partition coefficient (Wildman–Crippen LogP) is 3.49. The number of esters is 1. The molecule has 6 nitrogen and oxygen atoms in total. The molecule has 0 saturated heterocycles. The number of para-hydroxylation sites is 1. The van der Waals surface area contributed by atoms with Crippen LogP contribution >= 0.6 is 0 Å². The Morgan fingerprint density at radius 2 is 1.73 bits per heavy atom. The Morgan fingerprint density at radius 1 is 1.00 bits per heavy atom. The first-order chi connectivity index (χ1) is 12.6. The third-order valence-corrected chi connectivity index (χ3v) is 4.44. The lowest BCUT2D eigenvalue weighted by Gasteiger charge is -2.20. The standard InChI is InChI=1S/C20H22O6/c1-12(21)25-11-15-14-6-5-7-17(23-3)20(14)26-19(15)13-8-9-16(22-2)18(10-13)24-4/h5-10,15,19H,11H2,1-4H3/t15-,19-/m1/s1. The van der Waals surface area contributed by atoms with Crippen LogP contribution in [0.1, 0.15) is 30.1 Å². The van der Waals surface area contributed by atoms with Crippen molar-refractivity contribution in [1.82, 2.24) is 0 Å². The van der Waals surface area contributed by atoms with E-state index in [9.17, 15) is 4.79 Å². The maximum Gasteiger partial charge on any atom is 0.302 e. The van der Waals surface area contributed by atoms with Crippen LogP contribution in [-0.2, 0) is 9.53 Å². The highest BCUT2D eigenvalue weighted by Crippen LogP contribution is 2.51. The Bertz CT molecular complexity index is 801. The molecule has 1 aliphatic rings. The van der Waals surface area contributed by atoms with Gasteiger partial charge in [0.1, 0.15) is 12.7 Å². The molecule has 0 saturated carbocycles. The van der Waals surface area contributed by atoms with Gasteiger partial charge in [0.25, 0.3) is 0 Å². The molecule has 3 rings (SSSR count). The van der Waals surface area contributed by atoms with Gasteiger partial charge in [-0.05, 0) is 23.8 Å². The fourth-order valence-corrected chi connectivity index (χ4v) is 3.20. The number of ether oxygens (including phenoxy) is 5. The molecule has 0 N–H and O–H groups in total. The van der Waals surface area contributed by atoms with Gasteiger partial charge >= 0.3 is 5.97 Å². The number of methoxy groups -OCH3 is 3. The van der Waals surface area contributed by atoms with Crippen LogP contribution in [0.25, 0.3) is 0 Å². The summed E-state index contributed by atoms with van der Waals surface area (Å²) in [4.78, 5) is 11.3. The van der Waals surface area contributed by atoms with Crippen LogP contribution in [0.4, 0.5) is 0 Å². The lowest BCUT2D eigenvalue weighted by molar-refractivity contribution is -0.141. The number of carbonyl (C=O) groups excluding carboxylic acids is 1. The lowest BCUT2D eigenvalue weighted by atomic mass is 9.91. The van der Waals surface area contributed by atoms with Crippen molar-refractivity contribution in [1.29, 1.82) is 0 Å². The molecule has 0 unspecified atom stereocenters. The highest BCUT2D eigenvalue weighted by Gasteiger charge is 2.38. The Kier molecular flexibility index (Phi) is 5.21. The van der Waals surface area contributed by atoms with E-state index in [4.69, 9.17) is 23.7 Å². The van der Waals surface area contributed by atoms with E-state index in [1.807, 2.05) is 36.4 Å². The van der Waals surface area contributed by atoms with Gasteiger partial charge < -0.3 is 23.7 Å². The van der Waals surface area contributed by atoms with Gasteiger partial charge in [-0.3, -0.25) is 4.79 Å². The smallest absolute Gasteiger partial charge is 0.302 e. The van der Waals surface area contributed by atoms with E-state index in [1.165, 1.54) is 6.92 Å². The number of fused-ring (bicyclic) bond motifs is 1. The minimum atomic E-state index is -0.333. The van der Waals surface area contributed by atoms with Gasteiger partial charge in [0, 0.05) is 12.5 Å². The van der Waals surface area contributed by atoms with Crippen molar-refractivity contribution < 1.29 is 28.5 Å². The maximum atomic E-state index is 11.3. The maximum absolute atomic E-state index is 11.3. The minimum Gasteiger partial charge on any atom is -0.493 e. The average molecular weight is 358 g/mol. The average Bonchev–Trinajstić information content (AvgIpc) is 3.04. The van der Waals surface area contributed by atoms with Crippen molar-refractivity contribution in [2.45, 2.75) is 18.9 Å². The van der Waals surface area contributed by atoms with E-state index in [-0.39, 0.29) is 24.6 Å². The summed E-state index contributed by atoms with van der Waals surface area (Å²) in [6.45, 7) is 1.61. The first-order valence-corrected chi connectivity index (χ1v) is 8.27. The van der Waals surface area contributed by atoms with E-state index >= 15 is 0 Å². The fourth-order valence-electron chi connectivity index (χ4n) is 3.20. The van der Waals surface area contributed by atoms with Gasteiger partial charge in [-0.1, -0.05) is 18.2 Å². The SMILES string of the molecule is COc1ccc([C@H]2Oc3c(OC)cccc3[C@H]2COC(C)=O)cc1OC. The zero-order chi connectivity index (χ0) is 18.7. The van der Waals surface area contributed by atoms with Crippen molar-refractivity contribution in [3.63, 3.8) is 0 Å². The summed E-state index contributed by atoms with van der Waals surface area (Å²) < 4.78 is 27.6. The molecule has 138 valence electrons. The Balaban J connectivity index is 2.01. The minimum absolute atomic E-state index is 0.151. The summed E-state index contributed by atoms with van der Waals surface area (Å²) in [7, 11) is 4.78.